The van der Waals surface area contributed by atoms with Crippen LogP contribution in [0, 0.1) is 0 Å². The number of sulfonamides is 1. The molecule has 17 heavy (non-hydrogen) atoms. The zero-order valence-corrected chi connectivity index (χ0v) is 11.2. The fourth-order valence-electron chi connectivity index (χ4n) is 1.10. The quantitative estimate of drug-likeness (QED) is 0.679. The summed E-state index contributed by atoms with van der Waals surface area (Å²) in [5.74, 6) is -1.66. The average Bonchev–Trinajstić information content (AvgIpc) is 2.11. The van der Waals surface area contributed by atoms with Crippen molar-refractivity contribution in [2.75, 3.05) is 26.4 Å². The Morgan fingerprint density at radius 3 is 2.00 bits per heavy atom. The molecule has 1 N–H and O–H groups in total. The summed E-state index contributed by atoms with van der Waals surface area (Å²) in [4.78, 5) is 23.4. The van der Waals surface area contributed by atoms with Gasteiger partial charge in [0.05, 0.1) is 12.8 Å². The Kier molecular flexibility index (Phi) is 5.56. The first-order valence-electron chi connectivity index (χ1n) is 4.98. The van der Waals surface area contributed by atoms with Crippen molar-refractivity contribution in [2.24, 2.45) is 0 Å². The minimum absolute atomic E-state index is 0.299. The van der Waals surface area contributed by atoms with E-state index in [-0.39, 0.29) is 12.6 Å². The van der Waals surface area contributed by atoms with Gasteiger partial charge in [0.25, 0.3) is 0 Å². The lowest BCUT2D eigenvalue weighted by Crippen LogP contribution is -2.46. The molecule has 8 heteroatoms. The molecule has 0 radical (unpaired) electrons. The Balaban J connectivity index is 4.70. The van der Waals surface area contributed by atoms with Gasteiger partial charge in [-0.1, -0.05) is 0 Å². The van der Waals surface area contributed by atoms with E-state index < -0.39 is 28.4 Å². The van der Waals surface area contributed by atoms with E-state index in [1.807, 2.05) is 0 Å². The van der Waals surface area contributed by atoms with Crippen LogP contribution in [0.5, 0.6) is 0 Å². The molecular weight excluding hydrogens is 248 g/mol. The van der Waals surface area contributed by atoms with Gasteiger partial charge in [0.15, 0.2) is 0 Å². The summed E-state index contributed by atoms with van der Waals surface area (Å²) < 4.78 is 23.1. The van der Waals surface area contributed by atoms with Gasteiger partial charge >= 0.3 is 5.97 Å². The monoisotopic (exact) mass is 266 g/mol. The Morgan fingerprint density at radius 2 is 1.71 bits per heavy atom. The fourth-order valence-corrected chi connectivity index (χ4v) is 1.45. The number of carbonyl (C=O) groups is 2. The van der Waals surface area contributed by atoms with Crippen LogP contribution in [-0.2, 0) is 19.6 Å². The maximum absolute atomic E-state index is 11.7. The van der Waals surface area contributed by atoms with Crippen LogP contribution >= 0.6 is 0 Å². The van der Waals surface area contributed by atoms with Gasteiger partial charge < -0.3 is 10.0 Å². The van der Waals surface area contributed by atoms with Crippen LogP contribution in [0.4, 0.5) is 0 Å². The first-order valence-corrected chi connectivity index (χ1v) is 6.83. The normalized spacial score (nSPS) is 11.9. The van der Waals surface area contributed by atoms with E-state index in [9.17, 15) is 18.0 Å². The highest BCUT2D eigenvalue weighted by Crippen LogP contribution is 2.02. The Labute approximate surface area is 101 Å². The molecule has 0 aliphatic carbocycles. The summed E-state index contributed by atoms with van der Waals surface area (Å²) in [5, 5.41) is 8.65. The molecule has 0 atom stereocenters. The molecule has 0 fully saturated rings. The van der Waals surface area contributed by atoms with Gasteiger partial charge in [-0.15, -0.1) is 0 Å². The van der Waals surface area contributed by atoms with E-state index in [0.717, 1.165) is 15.5 Å². The molecule has 100 valence electrons. The molecule has 7 nitrogen and oxygen atoms in total. The SMILES string of the molecule is CC(C)N(CC(=O)O)C(=O)CN(C)S(C)(=O)=O. The topological polar surface area (TPSA) is 95.0 Å². The second-order valence-corrected chi connectivity index (χ2v) is 6.12. The van der Waals surface area contributed by atoms with Gasteiger partial charge in [-0.2, -0.15) is 4.31 Å². The van der Waals surface area contributed by atoms with Crippen LogP contribution < -0.4 is 0 Å². The summed E-state index contributed by atoms with van der Waals surface area (Å²) in [6.07, 6.45) is 0.983. The number of carbonyl (C=O) groups excluding carboxylic acids is 1. The zero-order chi connectivity index (χ0) is 13.8. The smallest absolute Gasteiger partial charge is 0.323 e. The molecule has 0 aliphatic rings. The maximum Gasteiger partial charge on any atom is 0.323 e. The van der Waals surface area contributed by atoms with Crippen molar-refractivity contribution in [3.8, 4) is 0 Å². The molecule has 0 aromatic carbocycles. The number of rotatable bonds is 6. The van der Waals surface area contributed by atoms with E-state index in [2.05, 4.69) is 0 Å². The van der Waals surface area contributed by atoms with Crippen molar-refractivity contribution in [2.45, 2.75) is 19.9 Å². The molecule has 0 rings (SSSR count). The van der Waals surface area contributed by atoms with E-state index in [1.54, 1.807) is 13.8 Å². The summed E-state index contributed by atoms with van der Waals surface area (Å²) in [7, 11) is -2.18. The van der Waals surface area contributed by atoms with Gasteiger partial charge in [-0.25, -0.2) is 8.42 Å². The minimum Gasteiger partial charge on any atom is -0.480 e. The predicted octanol–water partition coefficient (Wildman–Crippen LogP) is -0.801. The van der Waals surface area contributed by atoms with E-state index in [4.69, 9.17) is 5.11 Å². The number of hydrogen-bond donors (Lipinski definition) is 1. The number of nitrogens with zero attached hydrogens (tertiary/aromatic N) is 2. The van der Waals surface area contributed by atoms with E-state index >= 15 is 0 Å². The standard InChI is InChI=1S/C9H18N2O5S/c1-7(2)11(6-9(13)14)8(12)5-10(3)17(4,15)16/h7H,5-6H2,1-4H3,(H,13,14). The van der Waals surface area contributed by atoms with Crippen LogP contribution in [0.3, 0.4) is 0 Å². The number of likely N-dealkylation sites (N-methyl/N-ethyl adjacent to an activating group) is 1. The van der Waals surface area contributed by atoms with Gasteiger partial charge in [0.1, 0.15) is 6.54 Å². The van der Waals surface area contributed by atoms with Gasteiger partial charge in [-0.05, 0) is 13.8 Å². The van der Waals surface area contributed by atoms with Crippen molar-refractivity contribution >= 4 is 21.9 Å². The van der Waals surface area contributed by atoms with Crippen LogP contribution in [0.2, 0.25) is 0 Å². The molecular formula is C9H18N2O5S. The molecule has 1 amide bonds. The molecule has 0 aromatic rings. The van der Waals surface area contributed by atoms with Crippen molar-refractivity contribution in [1.29, 1.82) is 0 Å². The highest BCUT2D eigenvalue weighted by atomic mass is 32.2. The lowest BCUT2D eigenvalue weighted by Gasteiger charge is -2.26. The lowest BCUT2D eigenvalue weighted by molar-refractivity contribution is -0.145. The Hall–Kier alpha value is -1.15. The molecule has 0 bridgehead atoms. The first kappa shape index (κ1) is 15.9. The van der Waals surface area contributed by atoms with Crippen LogP contribution in [-0.4, -0.2) is 67.0 Å². The summed E-state index contributed by atoms with van der Waals surface area (Å²) in [5.41, 5.74) is 0. The van der Waals surface area contributed by atoms with Crippen molar-refractivity contribution < 1.29 is 23.1 Å². The number of aliphatic carboxylic acids is 1. The minimum atomic E-state index is -3.45. The summed E-state index contributed by atoms with van der Waals surface area (Å²) in [6, 6.07) is -0.299. The third kappa shape index (κ3) is 5.64. The zero-order valence-electron chi connectivity index (χ0n) is 10.4. The third-order valence-corrected chi connectivity index (χ3v) is 3.43. The third-order valence-electron chi connectivity index (χ3n) is 2.17. The molecule has 0 aliphatic heterocycles. The Bertz CT molecular complexity index is 390. The lowest BCUT2D eigenvalue weighted by atomic mass is 10.3. The van der Waals surface area contributed by atoms with Gasteiger partial charge in [0, 0.05) is 13.1 Å². The highest BCUT2D eigenvalue weighted by Gasteiger charge is 2.23. The maximum atomic E-state index is 11.7. The van der Waals surface area contributed by atoms with Crippen LogP contribution in [0.15, 0.2) is 0 Å². The van der Waals surface area contributed by atoms with Gasteiger partial charge in [-0.3, -0.25) is 9.59 Å². The fraction of sp³-hybridized carbons (Fsp3) is 0.778. The predicted molar refractivity (Wildman–Crippen MR) is 62.0 cm³/mol. The first-order chi connectivity index (χ1) is 7.55. The Morgan fingerprint density at radius 1 is 1.24 bits per heavy atom. The van der Waals surface area contributed by atoms with Crippen LogP contribution in [0.1, 0.15) is 13.8 Å². The second-order valence-electron chi connectivity index (χ2n) is 4.03. The number of hydrogen-bond acceptors (Lipinski definition) is 4. The molecule has 0 saturated heterocycles. The van der Waals surface area contributed by atoms with E-state index in [0.29, 0.717) is 0 Å². The largest absolute Gasteiger partial charge is 0.480 e. The van der Waals surface area contributed by atoms with Crippen molar-refractivity contribution in [3.05, 3.63) is 0 Å². The molecule has 0 aromatic heterocycles. The average molecular weight is 266 g/mol. The number of carboxylic acid groups (broad SMARTS) is 1. The summed E-state index contributed by atoms with van der Waals surface area (Å²) in [6.45, 7) is 2.54. The number of amides is 1. The second kappa shape index (κ2) is 5.97. The number of carboxylic acids is 1. The van der Waals surface area contributed by atoms with Crippen LogP contribution in [0.25, 0.3) is 0 Å². The van der Waals surface area contributed by atoms with Crippen molar-refractivity contribution in [1.82, 2.24) is 9.21 Å². The van der Waals surface area contributed by atoms with Gasteiger partial charge in [0.2, 0.25) is 15.9 Å². The van der Waals surface area contributed by atoms with Crippen molar-refractivity contribution in [3.63, 3.8) is 0 Å². The molecule has 0 heterocycles. The van der Waals surface area contributed by atoms with E-state index in [1.165, 1.54) is 7.05 Å². The highest BCUT2D eigenvalue weighted by molar-refractivity contribution is 7.88. The molecule has 0 saturated carbocycles. The summed E-state index contributed by atoms with van der Waals surface area (Å²) >= 11 is 0. The molecule has 0 unspecified atom stereocenters. The molecule has 0 spiro atoms.